The number of phenols is 2. The largest absolute Gasteiger partial charge is 0.504 e. The highest BCUT2D eigenvalue weighted by molar-refractivity contribution is 5.40. The second-order valence-corrected chi connectivity index (χ2v) is 5.65. The standard InChI is InChI=1S/C14H17N3O3/c1-14(4-5-14)13-16-12(20-17-13)9(15)6-8-2-3-10(18)11(19)7-8/h2-3,7,9,18-19H,4-6,15H2,1H3. The summed E-state index contributed by atoms with van der Waals surface area (Å²) in [4.78, 5) is 4.37. The van der Waals surface area contributed by atoms with Crippen molar-refractivity contribution in [2.24, 2.45) is 5.73 Å². The average Bonchev–Trinajstić information content (AvgIpc) is 2.97. The lowest BCUT2D eigenvalue weighted by Crippen LogP contribution is -2.14. The van der Waals surface area contributed by atoms with E-state index in [4.69, 9.17) is 10.3 Å². The van der Waals surface area contributed by atoms with Crippen LogP contribution in [-0.2, 0) is 11.8 Å². The highest BCUT2D eigenvalue weighted by atomic mass is 16.5. The topological polar surface area (TPSA) is 105 Å². The first-order chi connectivity index (χ1) is 9.48. The number of aromatic nitrogens is 2. The second-order valence-electron chi connectivity index (χ2n) is 5.65. The monoisotopic (exact) mass is 275 g/mol. The van der Waals surface area contributed by atoms with Gasteiger partial charge in [0.25, 0.3) is 0 Å². The van der Waals surface area contributed by atoms with Crippen molar-refractivity contribution in [3.05, 3.63) is 35.5 Å². The second kappa shape index (κ2) is 4.49. The number of nitrogens with two attached hydrogens (primary N) is 1. The van der Waals surface area contributed by atoms with Gasteiger partial charge in [0.05, 0.1) is 6.04 Å². The number of hydrogen-bond acceptors (Lipinski definition) is 6. The zero-order chi connectivity index (χ0) is 14.3. The van der Waals surface area contributed by atoms with Gasteiger partial charge in [-0.2, -0.15) is 4.98 Å². The number of benzene rings is 1. The van der Waals surface area contributed by atoms with Crippen LogP contribution in [0.15, 0.2) is 22.7 Å². The molecule has 0 amide bonds. The molecule has 1 aromatic heterocycles. The van der Waals surface area contributed by atoms with Crippen molar-refractivity contribution < 1.29 is 14.7 Å². The zero-order valence-electron chi connectivity index (χ0n) is 11.2. The SMILES string of the molecule is CC1(c2noc(C(N)Cc3ccc(O)c(O)c3)n2)CC1. The third-order valence-electron chi connectivity index (χ3n) is 3.79. The predicted octanol–water partition coefficient (Wildman–Crippen LogP) is 1.77. The van der Waals surface area contributed by atoms with Crippen LogP contribution in [0.4, 0.5) is 0 Å². The summed E-state index contributed by atoms with van der Waals surface area (Å²) in [7, 11) is 0. The van der Waals surface area contributed by atoms with E-state index in [-0.39, 0.29) is 16.9 Å². The fourth-order valence-electron chi connectivity index (χ4n) is 2.08. The van der Waals surface area contributed by atoms with E-state index in [1.807, 2.05) is 0 Å². The van der Waals surface area contributed by atoms with Gasteiger partial charge in [-0.25, -0.2) is 0 Å². The molecule has 1 unspecified atom stereocenters. The van der Waals surface area contributed by atoms with Crippen LogP contribution in [0, 0.1) is 0 Å². The molecule has 0 bridgehead atoms. The van der Waals surface area contributed by atoms with E-state index in [0.717, 1.165) is 24.2 Å². The van der Waals surface area contributed by atoms with E-state index in [2.05, 4.69) is 17.1 Å². The summed E-state index contributed by atoms with van der Waals surface area (Å²) in [5, 5.41) is 22.7. The molecule has 106 valence electrons. The van der Waals surface area contributed by atoms with E-state index in [1.54, 1.807) is 6.07 Å². The maximum atomic E-state index is 9.46. The quantitative estimate of drug-likeness (QED) is 0.734. The maximum Gasteiger partial charge on any atom is 0.243 e. The van der Waals surface area contributed by atoms with E-state index in [1.165, 1.54) is 12.1 Å². The summed E-state index contributed by atoms with van der Waals surface area (Å²) >= 11 is 0. The Hall–Kier alpha value is -2.08. The lowest BCUT2D eigenvalue weighted by molar-refractivity contribution is 0.347. The minimum Gasteiger partial charge on any atom is -0.504 e. The Balaban J connectivity index is 1.73. The molecule has 0 aliphatic heterocycles. The molecule has 1 atom stereocenters. The van der Waals surface area contributed by atoms with Crippen LogP contribution in [0.25, 0.3) is 0 Å². The van der Waals surface area contributed by atoms with Crippen LogP contribution in [0.2, 0.25) is 0 Å². The molecule has 1 aliphatic rings. The van der Waals surface area contributed by atoms with Gasteiger partial charge in [0.15, 0.2) is 17.3 Å². The minimum atomic E-state index is -0.428. The highest BCUT2D eigenvalue weighted by Gasteiger charge is 2.43. The van der Waals surface area contributed by atoms with Crippen molar-refractivity contribution in [2.75, 3.05) is 0 Å². The molecule has 4 N–H and O–H groups in total. The summed E-state index contributed by atoms with van der Waals surface area (Å²) in [6, 6.07) is 4.19. The van der Waals surface area contributed by atoms with E-state index < -0.39 is 6.04 Å². The number of phenolic OH excluding ortho intramolecular Hbond substituents is 2. The van der Waals surface area contributed by atoms with Crippen LogP contribution in [0.5, 0.6) is 11.5 Å². The molecular weight excluding hydrogens is 258 g/mol. The fraction of sp³-hybridized carbons (Fsp3) is 0.429. The molecule has 2 aromatic rings. The van der Waals surface area contributed by atoms with Crippen molar-refractivity contribution in [2.45, 2.75) is 37.6 Å². The number of rotatable bonds is 4. The van der Waals surface area contributed by atoms with E-state index in [9.17, 15) is 10.2 Å². The van der Waals surface area contributed by atoms with Gasteiger partial charge in [-0.15, -0.1) is 0 Å². The summed E-state index contributed by atoms with van der Waals surface area (Å²) < 4.78 is 5.22. The summed E-state index contributed by atoms with van der Waals surface area (Å²) in [6.07, 6.45) is 2.60. The molecule has 0 radical (unpaired) electrons. The summed E-state index contributed by atoms with van der Waals surface area (Å²) in [5.74, 6) is 0.813. The van der Waals surface area contributed by atoms with Crippen molar-refractivity contribution in [3.8, 4) is 11.5 Å². The van der Waals surface area contributed by atoms with Crippen LogP contribution in [0.1, 0.15) is 43.1 Å². The first-order valence-corrected chi connectivity index (χ1v) is 6.58. The maximum absolute atomic E-state index is 9.46. The smallest absolute Gasteiger partial charge is 0.243 e. The van der Waals surface area contributed by atoms with Crippen LogP contribution in [0.3, 0.4) is 0 Å². The number of nitrogens with zero attached hydrogens (tertiary/aromatic N) is 2. The lowest BCUT2D eigenvalue weighted by Gasteiger charge is -2.07. The Morgan fingerprint density at radius 2 is 2.10 bits per heavy atom. The van der Waals surface area contributed by atoms with Gasteiger partial charge < -0.3 is 20.5 Å². The van der Waals surface area contributed by atoms with Gasteiger partial charge in [0.1, 0.15) is 0 Å². The third-order valence-corrected chi connectivity index (χ3v) is 3.79. The summed E-state index contributed by atoms with van der Waals surface area (Å²) in [5.41, 5.74) is 6.90. The average molecular weight is 275 g/mol. The molecule has 20 heavy (non-hydrogen) atoms. The van der Waals surface area contributed by atoms with Crippen molar-refractivity contribution >= 4 is 0 Å². The Labute approximate surface area is 116 Å². The molecule has 1 aliphatic carbocycles. The molecule has 3 rings (SSSR count). The fourth-order valence-corrected chi connectivity index (χ4v) is 2.08. The van der Waals surface area contributed by atoms with Crippen molar-refractivity contribution in [1.29, 1.82) is 0 Å². The van der Waals surface area contributed by atoms with Crippen LogP contribution < -0.4 is 5.73 Å². The molecule has 1 aromatic carbocycles. The van der Waals surface area contributed by atoms with Gasteiger partial charge in [-0.3, -0.25) is 0 Å². The Morgan fingerprint density at radius 3 is 2.75 bits per heavy atom. The number of hydrogen-bond donors (Lipinski definition) is 3. The molecule has 1 heterocycles. The molecule has 6 nitrogen and oxygen atoms in total. The molecule has 0 saturated heterocycles. The Bertz CT molecular complexity index is 634. The summed E-state index contributed by atoms with van der Waals surface area (Å²) in [6.45, 7) is 2.10. The normalized spacial score (nSPS) is 17.9. The van der Waals surface area contributed by atoms with Crippen molar-refractivity contribution in [1.82, 2.24) is 10.1 Å². The molecule has 0 spiro atoms. The van der Waals surface area contributed by atoms with Crippen LogP contribution >= 0.6 is 0 Å². The highest BCUT2D eigenvalue weighted by Crippen LogP contribution is 2.46. The molecule has 1 fully saturated rings. The van der Waals surface area contributed by atoms with Gasteiger partial charge in [-0.1, -0.05) is 18.1 Å². The first kappa shape index (κ1) is 12.9. The minimum absolute atomic E-state index is 0.0538. The Morgan fingerprint density at radius 1 is 1.35 bits per heavy atom. The third kappa shape index (κ3) is 2.34. The predicted molar refractivity (Wildman–Crippen MR) is 71.3 cm³/mol. The zero-order valence-corrected chi connectivity index (χ0v) is 11.2. The molecular formula is C14H17N3O3. The van der Waals surface area contributed by atoms with Gasteiger partial charge in [-0.05, 0) is 37.0 Å². The van der Waals surface area contributed by atoms with Crippen LogP contribution in [-0.4, -0.2) is 20.4 Å². The first-order valence-electron chi connectivity index (χ1n) is 6.58. The Kier molecular flexibility index (Phi) is 2.90. The lowest BCUT2D eigenvalue weighted by atomic mass is 10.1. The van der Waals surface area contributed by atoms with E-state index >= 15 is 0 Å². The van der Waals surface area contributed by atoms with Crippen molar-refractivity contribution in [3.63, 3.8) is 0 Å². The number of aromatic hydroxyl groups is 2. The van der Waals surface area contributed by atoms with E-state index in [0.29, 0.717) is 12.3 Å². The molecule has 6 heteroatoms. The van der Waals surface area contributed by atoms with Gasteiger partial charge in [0, 0.05) is 5.41 Å². The van der Waals surface area contributed by atoms with Gasteiger partial charge >= 0.3 is 0 Å². The molecule has 1 saturated carbocycles. The van der Waals surface area contributed by atoms with Gasteiger partial charge in [0.2, 0.25) is 5.89 Å².